The molecule has 3 heteroatoms. The Morgan fingerprint density at radius 1 is 1.38 bits per heavy atom. The summed E-state index contributed by atoms with van der Waals surface area (Å²) in [5.41, 5.74) is 0. The Morgan fingerprint density at radius 2 is 2.15 bits per heavy atom. The zero-order valence-corrected chi connectivity index (χ0v) is 7.16. The average Bonchev–Trinajstić information content (AvgIpc) is 1.99. The van der Waals surface area contributed by atoms with Crippen LogP contribution in [0.1, 0.15) is 19.3 Å². The Balaban J connectivity index is 2.10. The fraction of sp³-hybridized carbons (Fsp3) is 0.400. The number of phenolic OH excluding ortho intramolecular Hbond substituents is 1. The summed E-state index contributed by atoms with van der Waals surface area (Å²) in [5.74, 6) is -0.184. The molecule has 0 bridgehead atoms. The van der Waals surface area contributed by atoms with Gasteiger partial charge >= 0.3 is 0 Å². The summed E-state index contributed by atoms with van der Waals surface area (Å²) in [6, 6.07) is 3.81. The first-order valence-corrected chi connectivity index (χ1v) is 4.41. The van der Waals surface area contributed by atoms with E-state index in [1.807, 2.05) is 0 Å². The van der Waals surface area contributed by atoms with Gasteiger partial charge in [0, 0.05) is 6.07 Å². The number of hydrogen-bond donors (Lipinski definition) is 1. The molecule has 1 fully saturated rings. The number of phenols is 1. The van der Waals surface area contributed by atoms with Crippen molar-refractivity contribution in [3.05, 3.63) is 24.0 Å². The van der Waals surface area contributed by atoms with E-state index in [-0.39, 0.29) is 11.9 Å². The lowest BCUT2D eigenvalue weighted by Crippen LogP contribution is -2.24. The van der Waals surface area contributed by atoms with Gasteiger partial charge in [-0.3, -0.25) is 0 Å². The van der Waals surface area contributed by atoms with Gasteiger partial charge in [0.05, 0.1) is 6.10 Å². The maximum Gasteiger partial charge on any atom is 0.161 e. The Labute approximate surface area is 76.0 Å². The van der Waals surface area contributed by atoms with Crippen LogP contribution in [-0.2, 0) is 0 Å². The van der Waals surface area contributed by atoms with Crippen molar-refractivity contribution in [3.63, 3.8) is 0 Å². The van der Waals surface area contributed by atoms with E-state index in [2.05, 4.69) is 0 Å². The molecule has 0 radical (unpaired) electrons. The molecule has 1 aromatic rings. The second-order valence-corrected chi connectivity index (χ2v) is 3.28. The van der Waals surface area contributed by atoms with Gasteiger partial charge in [0.2, 0.25) is 0 Å². The Hall–Kier alpha value is -1.25. The number of aromatic hydroxyl groups is 1. The number of hydrogen-bond acceptors (Lipinski definition) is 2. The van der Waals surface area contributed by atoms with E-state index in [4.69, 9.17) is 4.74 Å². The van der Waals surface area contributed by atoms with Gasteiger partial charge in [0.1, 0.15) is 5.82 Å². The molecule has 1 aromatic carbocycles. The number of rotatable bonds is 2. The van der Waals surface area contributed by atoms with E-state index in [0.717, 1.165) is 18.9 Å². The van der Waals surface area contributed by atoms with Gasteiger partial charge in [-0.2, -0.15) is 0 Å². The van der Waals surface area contributed by atoms with Crippen molar-refractivity contribution in [2.24, 2.45) is 0 Å². The van der Waals surface area contributed by atoms with E-state index in [1.165, 1.54) is 18.6 Å². The van der Waals surface area contributed by atoms with Crippen LogP contribution in [0.25, 0.3) is 0 Å². The van der Waals surface area contributed by atoms with Gasteiger partial charge in [-0.15, -0.1) is 0 Å². The molecule has 0 amide bonds. The molecular weight excluding hydrogens is 171 g/mol. The monoisotopic (exact) mass is 182 g/mol. The molecule has 2 nitrogen and oxygen atoms in total. The first kappa shape index (κ1) is 8.35. The summed E-state index contributed by atoms with van der Waals surface area (Å²) in [4.78, 5) is 0. The molecule has 13 heavy (non-hydrogen) atoms. The molecule has 0 heterocycles. The zero-order valence-electron chi connectivity index (χ0n) is 7.16. The second kappa shape index (κ2) is 3.24. The minimum Gasteiger partial charge on any atom is -0.504 e. The van der Waals surface area contributed by atoms with Gasteiger partial charge in [0.25, 0.3) is 0 Å². The van der Waals surface area contributed by atoms with Crippen molar-refractivity contribution < 1.29 is 14.2 Å². The third-order valence-corrected chi connectivity index (χ3v) is 2.27. The van der Waals surface area contributed by atoms with E-state index < -0.39 is 5.82 Å². The SMILES string of the molecule is Oc1cc(F)ccc1OC1CCC1. The fourth-order valence-electron chi connectivity index (χ4n) is 1.26. The maximum atomic E-state index is 12.6. The normalized spacial score (nSPS) is 16.7. The third-order valence-electron chi connectivity index (χ3n) is 2.27. The van der Waals surface area contributed by atoms with Gasteiger partial charge in [-0.1, -0.05) is 0 Å². The Morgan fingerprint density at radius 3 is 2.69 bits per heavy atom. The quantitative estimate of drug-likeness (QED) is 0.761. The van der Waals surface area contributed by atoms with Crippen LogP contribution in [0.15, 0.2) is 18.2 Å². The minimum atomic E-state index is -0.446. The molecule has 0 unspecified atom stereocenters. The van der Waals surface area contributed by atoms with Crippen molar-refractivity contribution in [3.8, 4) is 11.5 Å². The lowest BCUT2D eigenvalue weighted by molar-refractivity contribution is 0.116. The maximum absolute atomic E-state index is 12.6. The molecule has 0 aromatic heterocycles. The first-order chi connectivity index (χ1) is 6.25. The smallest absolute Gasteiger partial charge is 0.161 e. The summed E-state index contributed by atoms with van der Waals surface area (Å²) >= 11 is 0. The molecule has 0 spiro atoms. The van der Waals surface area contributed by atoms with Crippen LogP contribution in [0, 0.1) is 5.82 Å². The Bertz CT molecular complexity index is 308. The largest absolute Gasteiger partial charge is 0.504 e. The molecule has 2 rings (SSSR count). The predicted molar refractivity (Wildman–Crippen MR) is 46.3 cm³/mol. The molecular formula is C10H11FO2. The standard InChI is InChI=1S/C10H11FO2/c11-7-4-5-10(9(12)6-7)13-8-2-1-3-8/h4-6,8,12H,1-3H2. The summed E-state index contributed by atoms with van der Waals surface area (Å²) in [5, 5.41) is 9.29. The van der Waals surface area contributed by atoms with Crippen LogP contribution in [-0.4, -0.2) is 11.2 Å². The number of halogens is 1. The lowest BCUT2D eigenvalue weighted by atomic mass is 9.96. The predicted octanol–water partition coefficient (Wildman–Crippen LogP) is 2.46. The molecule has 1 aliphatic carbocycles. The Kier molecular flexibility index (Phi) is 2.08. The highest BCUT2D eigenvalue weighted by Gasteiger charge is 2.20. The summed E-state index contributed by atoms with van der Waals surface area (Å²) < 4.78 is 18.0. The van der Waals surface area contributed by atoms with E-state index in [0.29, 0.717) is 5.75 Å². The van der Waals surface area contributed by atoms with Crippen LogP contribution in [0.5, 0.6) is 11.5 Å². The highest BCUT2D eigenvalue weighted by atomic mass is 19.1. The first-order valence-electron chi connectivity index (χ1n) is 4.41. The summed E-state index contributed by atoms with van der Waals surface area (Å²) in [7, 11) is 0. The van der Waals surface area contributed by atoms with Gasteiger partial charge in [-0.25, -0.2) is 4.39 Å². The van der Waals surface area contributed by atoms with Crippen molar-refractivity contribution in [2.75, 3.05) is 0 Å². The summed E-state index contributed by atoms with van der Waals surface area (Å²) in [6.07, 6.45) is 3.43. The van der Waals surface area contributed by atoms with Crippen molar-refractivity contribution >= 4 is 0 Å². The van der Waals surface area contributed by atoms with Gasteiger partial charge in [-0.05, 0) is 31.4 Å². The van der Waals surface area contributed by atoms with Gasteiger partial charge in [0.15, 0.2) is 11.5 Å². The number of ether oxygens (including phenoxy) is 1. The number of benzene rings is 1. The molecule has 70 valence electrons. The second-order valence-electron chi connectivity index (χ2n) is 3.28. The van der Waals surface area contributed by atoms with E-state index in [9.17, 15) is 9.50 Å². The van der Waals surface area contributed by atoms with Crippen molar-refractivity contribution in [2.45, 2.75) is 25.4 Å². The molecule has 1 saturated carbocycles. The van der Waals surface area contributed by atoms with Crippen LogP contribution < -0.4 is 4.74 Å². The fourth-order valence-corrected chi connectivity index (χ4v) is 1.26. The van der Waals surface area contributed by atoms with Crippen LogP contribution in [0.2, 0.25) is 0 Å². The van der Waals surface area contributed by atoms with Crippen molar-refractivity contribution in [1.82, 2.24) is 0 Å². The van der Waals surface area contributed by atoms with E-state index in [1.54, 1.807) is 0 Å². The molecule has 1 aliphatic rings. The van der Waals surface area contributed by atoms with Crippen LogP contribution in [0.4, 0.5) is 4.39 Å². The summed E-state index contributed by atoms with van der Waals surface area (Å²) in [6.45, 7) is 0. The molecule has 0 atom stereocenters. The topological polar surface area (TPSA) is 29.5 Å². The van der Waals surface area contributed by atoms with Crippen LogP contribution >= 0.6 is 0 Å². The third kappa shape index (κ3) is 1.74. The molecule has 0 aliphatic heterocycles. The highest BCUT2D eigenvalue weighted by Crippen LogP contribution is 2.31. The molecule has 1 N–H and O–H groups in total. The molecule has 0 saturated heterocycles. The van der Waals surface area contributed by atoms with E-state index >= 15 is 0 Å². The average molecular weight is 182 g/mol. The highest BCUT2D eigenvalue weighted by molar-refractivity contribution is 5.38. The zero-order chi connectivity index (χ0) is 9.26. The van der Waals surface area contributed by atoms with Crippen LogP contribution in [0.3, 0.4) is 0 Å². The van der Waals surface area contributed by atoms with Gasteiger partial charge < -0.3 is 9.84 Å². The van der Waals surface area contributed by atoms with Crippen molar-refractivity contribution in [1.29, 1.82) is 0 Å². The lowest BCUT2D eigenvalue weighted by Gasteiger charge is -2.26. The minimum absolute atomic E-state index is 0.119.